The van der Waals surface area contributed by atoms with Gasteiger partial charge in [0.2, 0.25) is 0 Å². The molecule has 0 unspecified atom stereocenters. The lowest BCUT2D eigenvalue weighted by Crippen LogP contribution is -1.97. The third-order valence-corrected chi connectivity index (χ3v) is 4.32. The highest BCUT2D eigenvalue weighted by molar-refractivity contribution is 6.00. The summed E-state index contributed by atoms with van der Waals surface area (Å²) in [5.41, 5.74) is 9.13. The molecule has 33 heavy (non-hydrogen) atoms. The molecule has 174 valence electrons. The molecular weight excluding hydrogens is 404 g/mol. The molecule has 0 fully saturated rings. The van der Waals surface area contributed by atoms with E-state index in [1.807, 2.05) is 39.0 Å². The van der Waals surface area contributed by atoms with E-state index in [4.69, 9.17) is 0 Å². The summed E-state index contributed by atoms with van der Waals surface area (Å²) < 4.78 is 0. The third kappa shape index (κ3) is 10.3. The zero-order chi connectivity index (χ0) is 23.4. The maximum absolute atomic E-state index is 3.97. The predicted molar refractivity (Wildman–Crippen MR) is 155 cm³/mol. The van der Waals surface area contributed by atoms with Crippen molar-refractivity contribution in [2.75, 3.05) is 0 Å². The molecule has 0 heterocycles. The number of allylic oxidation sites excluding steroid dienone is 2. The molecule has 0 aliphatic carbocycles. The van der Waals surface area contributed by atoms with Gasteiger partial charge in [0.1, 0.15) is 0 Å². The fourth-order valence-electron chi connectivity index (χ4n) is 2.61. The zero-order valence-corrected chi connectivity index (χ0v) is 18.7. The van der Waals surface area contributed by atoms with Crippen molar-refractivity contribution in [1.29, 1.82) is 0 Å². The van der Waals surface area contributed by atoms with Crippen LogP contribution in [0.2, 0.25) is 0 Å². The van der Waals surface area contributed by atoms with Crippen LogP contribution in [0.1, 0.15) is 69.0 Å². The molecule has 0 aliphatic heterocycles. The summed E-state index contributed by atoms with van der Waals surface area (Å²) in [6, 6.07) is 12.1. The summed E-state index contributed by atoms with van der Waals surface area (Å²) in [7, 11) is 0. The summed E-state index contributed by atoms with van der Waals surface area (Å²) >= 11 is 0. The van der Waals surface area contributed by atoms with Crippen LogP contribution in [0.4, 0.5) is 0 Å². The fourth-order valence-corrected chi connectivity index (χ4v) is 2.61. The van der Waals surface area contributed by atoms with Crippen molar-refractivity contribution in [3.63, 3.8) is 0 Å². The van der Waals surface area contributed by atoms with E-state index in [0.717, 1.165) is 50.2 Å². The van der Waals surface area contributed by atoms with Crippen molar-refractivity contribution < 1.29 is 0 Å². The van der Waals surface area contributed by atoms with Crippen molar-refractivity contribution in [3.05, 3.63) is 96.1 Å². The first-order valence-corrected chi connectivity index (χ1v) is 9.62. The topological polar surface area (TPSA) is 49.4 Å². The molecule has 0 aliphatic rings. The summed E-state index contributed by atoms with van der Waals surface area (Å²) in [5, 5.41) is 14.6. The quantitative estimate of drug-likeness (QED) is 0.291. The van der Waals surface area contributed by atoms with Gasteiger partial charge in [-0.15, -0.1) is 0 Å². The third-order valence-electron chi connectivity index (χ3n) is 4.32. The molecule has 0 radical (unpaired) electrons. The molecule has 0 bridgehead atoms. The van der Waals surface area contributed by atoms with Gasteiger partial charge in [0, 0.05) is 13.4 Å². The van der Waals surface area contributed by atoms with E-state index in [9.17, 15) is 0 Å². The largest absolute Gasteiger partial charge is 0.167 e. The molecule has 0 spiro atoms. The first-order valence-electron chi connectivity index (χ1n) is 9.62. The van der Waals surface area contributed by atoms with E-state index in [1.165, 1.54) is 0 Å². The van der Waals surface area contributed by atoms with Gasteiger partial charge in [0.15, 0.2) is 0 Å². The van der Waals surface area contributed by atoms with Gasteiger partial charge >= 0.3 is 0 Å². The molecule has 4 nitrogen and oxygen atoms in total. The van der Waals surface area contributed by atoms with Crippen LogP contribution in [0.5, 0.6) is 0 Å². The van der Waals surface area contributed by atoms with Gasteiger partial charge in [-0.2, -0.15) is 20.4 Å². The monoisotopic (exact) mass is 442 g/mol. The highest BCUT2D eigenvalue weighted by atomic mass is 15.2. The Balaban J connectivity index is 0. The van der Waals surface area contributed by atoms with Crippen LogP contribution in [0.25, 0.3) is 23.3 Å². The molecule has 2 rings (SSSR count). The van der Waals surface area contributed by atoms with Crippen LogP contribution in [0.15, 0.2) is 83.1 Å². The van der Waals surface area contributed by atoms with Gasteiger partial charge in [-0.05, 0) is 90.6 Å². The van der Waals surface area contributed by atoms with E-state index in [2.05, 4.69) is 78.4 Å². The number of hydrogen-bond donors (Lipinski definition) is 0. The number of nitrogens with zero attached hydrogens (tertiary/aromatic N) is 4. The highest BCUT2D eigenvalue weighted by Crippen LogP contribution is 2.21. The van der Waals surface area contributed by atoms with Crippen molar-refractivity contribution in [2.24, 2.45) is 20.4 Å². The van der Waals surface area contributed by atoms with Gasteiger partial charge in [-0.1, -0.05) is 64.5 Å². The Kier molecular flexibility index (Phi) is 15.0. The minimum atomic E-state index is 0. The molecule has 0 amide bonds. The first-order chi connectivity index (χ1) is 14.7. The molecule has 0 aromatic heterocycles. The van der Waals surface area contributed by atoms with Crippen LogP contribution < -0.4 is 0 Å². The van der Waals surface area contributed by atoms with Crippen LogP contribution in [-0.2, 0) is 0 Å². The maximum atomic E-state index is 3.97. The molecule has 0 N–H and O–H groups in total. The summed E-state index contributed by atoms with van der Waals surface area (Å²) in [5.74, 6) is 0. The molecule has 0 atom stereocenters. The Labute approximate surface area is 200 Å². The lowest BCUT2D eigenvalue weighted by molar-refractivity contribution is 1.25. The van der Waals surface area contributed by atoms with E-state index in [-0.39, 0.29) is 14.9 Å². The number of hydrogen-bond acceptors (Lipinski definition) is 4. The van der Waals surface area contributed by atoms with Crippen molar-refractivity contribution in [1.82, 2.24) is 0 Å². The lowest BCUT2D eigenvalue weighted by Gasteiger charge is -2.09. The van der Waals surface area contributed by atoms with E-state index in [0.29, 0.717) is 0 Å². The van der Waals surface area contributed by atoms with E-state index < -0.39 is 0 Å². The SMILES string of the molecule is C.C.C=Cc1cc(C=C)cc(C=NN=C)c1.C=NN=C(C)c1cc(C(=C)C)cc(C(=C)C)c1. The second-order valence-electron chi connectivity index (χ2n) is 6.91. The second kappa shape index (κ2) is 15.8. The van der Waals surface area contributed by atoms with E-state index >= 15 is 0 Å². The standard InChI is InChI=1S/C15H18N2.C12H12N2.2CH4/c1-10(2)13-7-14(11(3)4)9-15(8-13)12(5)17-16-6;1-4-10-6-11(5-2)8-12(7-10)9-14-13-3;;/h7-9H,1,3,6H2,2,4-5H3;4-9H,1-3H2;2*1H4. The van der Waals surface area contributed by atoms with Crippen molar-refractivity contribution in [3.8, 4) is 0 Å². The average Bonchev–Trinajstić information content (AvgIpc) is 2.77. The Hall–Kier alpha value is -3.92. The molecular formula is C29H38N4. The normalized spacial score (nSPS) is 9.97. The number of benzene rings is 2. The van der Waals surface area contributed by atoms with Gasteiger partial charge in [0.25, 0.3) is 0 Å². The fraction of sp³-hybridized carbons (Fsp3) is 0.172. The zero-order valence-electron chi connectivity index (χ0n) is 18.7. The lowest BCUT2D eigenvalue weighted by atomic mass is 9.97. The molecule has 2 aromatic carbocycles. The maximum Gasteiger partial charge on any atom is 0.0671 e. The smallest absolute Gasteiger partial charge is 0.0671 e. The van der Waals surface area contributed by atoms with Crippen LogP contribution >= 0.6 is 0 Å². The Morgan fingerprint density at radius 1 is 0.667 bits per heavy atom. The minimum Gasteiger partial charge on any atom is -0.167 e. The average molecular weight is 443 g/mol. The molecule has 0 saturated carbocycles. The predicted octanol–water partition coefficient (Wildman–Crippen LogP) is 8.46. The van der Waals surface area contributed by atoms with Crippen molar-refractivity contribution >= 4 is 48.7 Å². The van der Waals surface area contributed by atoms with Crippen molar-refractivity contribution in [2.45, 2.75) is 35.6 Å². The highest BCUT2D eigenvalue weighted by Gasteiger charge is 2.05. The van der Waals surface area contributed by atoms with Gasteiger partial charge in [0.05, 0.1) is 11.9 Å². The second-order valence-corrected chi connectivity index (χ2v) is 6.91. The summed E-state index contributed by atoms with van der Waals surface area (Å²) in [6.45, 7) is 27.9. The van der Waals surface area contributed by atoms with Gasteiger partial charge in [-0.25, -0.2) is 0 Å². The summed E-state index contributed by atoms with van der Waals surface area (Å²) in [6.07, 6.45) is 5.21. The Bertz CT molecular complexity index is 1010. The summed E-state index contributed by atoms with van der Waals surface area (Å²) in [4.78, 5) is 0. The first kappa shape index (κ1) is 31.3. The van der Waals surface area contributed by atoms with Crippen LogP contribution in [-0.4, -0.2) is 25.4 Å². The Morgan fingerprint density at radius 2 is 1.09 bits per heavy atom. The number of rotatable bonds is 8. The molecule has 4 heteroatoms. The minimum absolute atomic E-state index is 0. The molecule has 2 aromatic rings. The van der Waals surface area contributed by atoms with Crippen LogP contribution in [0.3, 0.4) is 0 Å². The Morgan fingerprint density at radius 3 is 1.45 bits per heavy atom. The van der Waals surface area contributed by atoms with Gasteiger partial charge < -0.3 is 0 Å². The van der Waals surface area contributed by atoms with E-state index in [1.54, 1.807) is 18.4 Å². The molecule has 0 saturated heterocycles. The van der Waals surface area contributed by atoms with Crippen LogP contribution in [0, 0.1) is 0 Å². The van der Waals surface area contributed by atoms with Gasteiger partial charge in [-0.3, -0.25) is 0 Å².